The number of carboxylic acids is 1. The lowest BCUT2D eigenvalue weighted by molar-refractivity contribution is -0.152. The minimum atomic E-state index is -0.779. The number of hydrogen-bond acceptors (Lipinski definition) is 3. The predicted octanol–water partition coefficient (Wildman–Crippen LogP) is 2.87. The van der Waals surface area contributed by atoms with Crippen molar-refractivity contribution in [2.75, 3.05) is 13.1 Å². The van der Waals surface area contributed by atoms with Gasteiger partial charge in [0, 0.05) is 18.7 Å². The van der Waals surface area contributed by atoms with Crippen molar-refractivity contribution in [2.45, 2.75) is 26.2 Å². The molecule has 114 valence electrons. The number of amides is 1. The topological polar surface area (TPSA) is 77.8 Å². The van der Waals surface area contributed by atoms with Crippen LogP contribution in [-0.2, 0) is 4.79 Å². The maximum atomic E-state index is 12.4. The summed E-state index contributed by atoms with van der Waals surface area (Å²) in [5, 5.41) is 19.0. The summed E-state index contributed by atoms with van der Waals surface area (Å²) >= 11 is 3.17. The Labute approximate surface area is 131 Å². The van der Waals surface area contributed by atoms with Crippen LogP contribution in [0.25, 0.3) is 0 Å². The monoisotopic (exact) mass is 355 g/mol. The lowest BCUT2D eigenvalue weighted by Gasteiger charge is -2.38. The van der Waals surface area contributed by atoms with Crippen LogP contribution >= 0.6 is 15.9 Å². The predicted molar refractivity (Wildman–Crippen MR) is 81.3 cm³/mol. The first-order chi connectivity index (χ1) is 9.89. The quantitative estimate of drug-likeness (QED) is 0.873. The van der Waals surface area contributed by atoms with Crippen LogP contribution in [0.3, 0.4) is 0 Å². The van der Waals surface area contributed by atoms with Crippen molar-refractivity contribution < 1.29 is 19.8 Å². The van der Waals surface area contributed by atoms with E-state index in [1.807, 2.05) is 6.92 Å². The summed E-state index contributed by atoms with van der Waals surface area (Å²) < 4.78 is 0.536. The molecule has 0 unspecified atom stereocenters. The van der Waals surface area contributed by atoms with Crippen LogP contribution in [0.1, 0.15) is 36.5 Å². The van der Waals surface area contributed by atoms with Gasteiger partial charge in [-0.05, 0) is 53.4 Å². The smallest absolute Gasteiger partial charge is 0.309 e. The molecule has 1 heterocycles. The molecular weight excluding hydrogens is 338 g/mol. The van der Waals surface area contributed by atoms with Crippen LogP contribution in [0.5, 0.6) is 5.75 Å². The van der Waals surface area contributed by atoms with E-state index < -0.39 is 11.4 Å². The number of likely N-dealkylation sites (tertiary alicyclic amines) is 1. The van der Waals surface area contributed by atoms with Crippen LogP contribution in [0.2, 0.25) is 0 Å². The van der Waals surface area contributed by atoms with Gasteiger partial charge in [0.2, 0.25) is 0 Å². The zero-order valence-corrected chi connectivity index (χ0v) is 13.4. The minimum absolute atomic E-state index is 0.0197. The Bertz CT molecular complexity index is 565. The Balaban J connectivity index is 2.09. The van der Waals surface area contributed by atoms with Crippen LogP contribution in [-0.4, -0.2) is 40.1 Å². The van der Waals surface area contributed by atoms with Gasteiger partial charge < -0.3 is 15.1 Å². The van der Waals surface area contributed by atoms with Gasteiger partial charge in [0.15, 0.2) is 0 Å². The molecule has 1 aromatic rings. The first kappa shape index (κ1) is 15.8. The SMILES string of the molecule is CCC1(C(=O)O)CCN(C(=O)c2ccc(Br)c(O)c2)CC1. The number of phenolic OH excluding ortho intramolecular Hbond substituents is 1. The number of carbonyl (C=O) groups excluding carboxylic acids is 1. The third-order valence-corrected chi connectivity index (χ3v) is 5.00. The molecule has 1 saturated heterocycles. The molecule has 6 heteroatoms. The normalized spacial score (nSPS) is 17.5. The molecule has 1 fully saturated rings. The molecule has 0 atom stereocenters. The van der Waals surface area contributed by atoms with E-state index in [0.29, 0.717) is 42.4 Å². The average Bonchev–Trinajstić information content (AvgIpc) is 2.49. The number of halogens is 1. The second-order valence-corrected chi connectivity index (χ2v) is 6.25. The molecule has 0 saturated carbocycles. The van der Waals surface area contributed by atoms with E-state index in [9.17, 15) is 19.8 Å². The van der Waals surface area contributed by atoms with E-state index in [4.69, 9.17) is 0 Å². The van der Waals surface area contributed by atoms with Gasteiger partial charge in [-0.1, -0.05) is 6.92 Å². The third-order valence-electron chi connectivity index (χ3n) is 4.33. The lowest BCUT2D eigenvalue weighted by atomic mass is 9.76. The molecule has 0 aromatic heterocycles. The number of aliphatic carboxylic acids is 1. The molecule has 1 aliphatic heterocycles. The van der Waals surface area contributed by atoms with Crippen LogP contribution in [0.15, 0.2) is 22.7 Å². The number of benzene rings is 1. The molecule has 2 N–H and O–H groups in total. The van der Waals surface area contributed by atoms with Crippen molar-refractivity contribution >= 4 is 27.8 Å². The summed E-state index contributed by atoms with van der Waals surface area (Å²) in [4.78, 5) is 25.4. The Kier molecular flexibility index (Phi) is 4.56. The molecule has 0 radical (unpaired) electrons. The summed E-state index contributed by atoms with van der Waals surface area (Å²) in [6.07, 6.45) is 1.50. The van der Waals surface area contributed by atoms with E-state index >= 15 is 0 Å². The minimum Gasteiger partial charge on any atom is -0.507 e. The van der Waals surface area contributed by atoms with Crippen molar-refractivity contribution in [3.05, 3.63) is 28.2 Å². The van der Waals surface area contributed by atoms with Crippen molar-refractivity contribution in [1.82, 2.24) is 4.90 Å². The van der Waals surface area contributed by atoms with Gasteiger partial charge in [-0.3, -0.25) is 9.59 Å². The maximum Gasteiger partial charge on any atom is 0.309 e. The highest BCUT2D eigenvalue weighted by molar-refractivity contribution is 9.10. The van der Waals surface area contributed by atoms with E-state index in [0.717, 1.165) is 0 Å². The number of piperidine rings is 1. The second-order valence-electron chi connectivity index (χ2n) is 5.40. The molecule has 1 aliphatic rings. The van der Waals surface area contributed by atoms with E-state index in [1.165, 1.54) is 6.07 Å². The first-order valence-corrected chi connectivity index (χ1v) is 7.70. The van der Waals surface area contributed by atoms with E-state index in [1.54, 1.807) is 17.0 Å². The van der Waals surface area contributed by atoms with Gasteiger partial charge in [-0.2, -0.15) is 0 Å². The van der Waals surface area contributed by atoms with Crippen molar-refractivity contribution in [3.63, 3.8) is 0 Å². The largest absolute Gasteiger partial charge is 0.507 e. The second kappa shape index (κ2) is 6.05. The Hall–Kier alpha value is -1.56. The molecule has 1 aromatic carbocycles. The fraction of sp³-hybridized carbons (Fsp3) is 0.467. The number of rotatable bonds is 3. The van der Waals surface area contributed by atoms with Crippen molar-refractivity contribution in [2.24, 2.45) is 5.41 Å². The summed E-state index contributed by atoms with van der Waals surface area (Å²) in [5.41, 5.74) is -0.298. The van der Waals surface area contributed by atoms with Crippen LogP contribution < -0.4 is 0 Å². The van der Waals surface area contributed by atoms with E-state index in [-0.39, 0.29) is 11.7 Å². The van der Waals surface area contributed by atoms with Crippen molar-refractivity contribution in [3.8, 4) is 5.75 Å². The Morgan fingerprint density at radius 2 is 1.95 bits per heavy atom. The highest BCUT2D eigenvalue weighted by Crippen LogP contribution is 2.35. The van der Waals surface area contributed by atoms with Gasteiger partial charge in [0.25, 0.3) is 5.91 Å². The highest BCUT2D eigenvalue weighted by atomic mass is 79.9. The molecule has 2 rings (SSSR count). The number of hydrogen-bond donors (Lipinski definition) is 2. The van der Waals surface area contributed by atoms with E-state index in [2.05, 4.69) is 15.9 Å². The zero-order valence-electron chi connectivity index (χ0n) is 11.8. The van der Waals surface area contributed by atoms with Crippen LogP contribution in [0.4, 0.5) is 0 Å². The lowest BCUT2D eigenvalue weighted by Crippen LogP contribution is -2.46. The highest BCUT2D eigenvalue weighted by Gasteiger charge is 2.40. The zero-order chi connectivity index (χ0) is 15.6. The fourth-order valence-corrected chi connectivity index (χ4v) is 2.93. The maximum absolute atomic E-state index is 12.4. The van der Waals surface area contributed by atoms with Crippen LogP contribution in [0, 0.1) is 5.41 Å². The van der Waals surface area contributed by atoms with Crippen molar-refractivity contribution in [1.29, 1.82) is 0 Å². The van der Waals surface area contributed by atoms with Gasteiger partial charge in [-0.15, -0.1) is 0 Å². The molecular formula is C15H18BrNO4. The standard InChI is InChI=1S/C15H18BrNO4/c1-2-15(14(20)21)5-7-17(8-6-15)13(19)10-3-4-11(16)12(18)9-10/h3-4,9,18H,2,5-8H2,1H3,(H,20,21). The van der Waals surface area contributed by atoms with Gasteiger partial charge in [0.05, 0.1) is 9.89 Å². The third kappa shape index (κ3) is 3.05. The summed E-state index contributed by atoms with van der Waals surface area (Å²) in [6, 6.07) is 4.69. The summed E-state index contributed by atoms with van der Waals surface area (Å²) in [6.45, 7) is 2.73. The summed E-state index contributed by atoms with van der Waals surface area (Å²) in [5.74, 6) is -0.933. The van der Waals surface area contributed by atoms with Gasteiger partial charge >= 0.3 is 5.97 Å². The molecule has 0 aliphatic carbocycles. The Morgan fingerprint density at radius 1 is 1.33 bits per heavy atom. The Morgan fingerprint density at radius 3 is 2.43 bits per heavy atom. The fourth-order valence-electron chi connectivity index (χ4n) is 2.68. The molecule has 5 nitrogen and oxygen atoms in total. The number of aromatic hydroxyl groups is 1. The van der Waals surface area contributed by atoms with Gasteiger partial charge in [0.1, 0.15) is 5.75 Å². The molecule has 1 amide bonds. The molecule has 21 heavy (non-hydrogen) atoms. The number of carboxylic acid groups (broad SMARTS) is 1. The van der Waals surface area contributed by atoms with Gasteiger partial charge in [-0.25, -0.2) is 0 Å². The number of carbonyl (C=O) groups is 2. The number of phenols is 1. The molecule has 0 spiro atoms. The first-order valence-electron chi connectivity index (χ1n) is 6.91. The average molecular weight is 356 g/mol. The number of nitrogens with zero attached hydrogens (tertiary/aromatic N) is 1. The summed E-state index contributed by atoms with van der Waals surface area (Å²) in [7, 11) is 0. The molecule has 0 bridgehead atoms.